The topological polar surface area (TPSA) is 88.0 Å². The van der Waals surface area contributed by atoms with Gasteiger partial charge in [0.2, 0.25) is 5.88 Å². The van der Waals surface area contributed by atoms with Crippen LogP contribution in [0.15, 0.2) is 23.3 Å². The second-order valence-corrected chi connectivity index (χ2v) is 6.46. The van der Waals surface area contributed by atoms with Gasteiger partial charge in [-0.05, 0) is 24.5 Å². The van der Waals surface area contributed by atoms with Gasteiger partial charge in [-0.3, -0.25) is 4.99 Å². The summed E-state index contributed by atoms with van der Waals surface area (Å²) in [5, 5.41) is 15.6. The Morgan fingerprint density at radius 1 is 1.43 bits per heavy atom. The molecule has 1 fully saturated rings. The van der Waals surface area contributed by atoms with Gasteiger partial charge < -0.3 is 25.2 Å². The average Bonchev–Trinajstić information content (AvgIpc) is 3.09. The van der Waals surface area contributed by atoms with Gasteiger partial charge in [-0.25, -0.2) is 4.98 Å². The quantitative estimate of drug-likeness (QED) is 0.278. The Hall–Kier alpha value is -1.34. The van der Waals surface area contributed by atoms with Crippen LogP contribution in [0.2, 0.25) is 0 Å². The number of hydrogen-bond donors (Lipinski definition) is 3. The maximum Gasteiger partial charge on any atom is 0.422 e. The van der Waals surface area contributed by atoms with Crippen LogP contribution < -0.4 is 15.4 Å². The van der Waals surface area contributed by atoms with Gasteiger partial charge in [-0.15, -0.1) is 24.0 Å². The summed E-state index contributed by atoms with van der Waals surface area (Å²) in [7, 11) is 1.63. The van der Waals surface area contributed by atoms with Crippen molar-refractivity contribution in [1.82, 2.24) is 15.6 Å². The van der Waals surface area contributed by atoms with Crippen molar-refractivity contribution in [3.63, 3.8) is 0 Å². The molecule has 1 atom stereocenters. The molecule has 0 aliphatic carbocycles. The number of aromatic nitrogens is 1. The molecule has 2 heterocycles. The number of rotatable bonds is 8. The van der Waals surface area contributed by atoms with E-state index in [1.165, 1.54) is 12.3 Å². The number of alkyl halides is 3. The summed E-state index contributed by atoms with van der Waals surface area (Å²) in [4.78, 5) is 7.92. The number of aliphatic imine (C=N–C) groups is 1. The van der Waals surface area contributed by atoms with Crippen LogP contribution in [0.4, 0.5) is 13.2 Å². The number of aliphatic hydroxyl groups is 1. The Labute approximate surface area is 179 Å². The maximum atomic E-state index is 12.2. The van der Waals surface area contributed by atoms with Gasteiger partial charge >= 0.3 is 6.18 Å². The lowest BCUT2D eigenvalue weighted by Gasteiger charge is -2.27. The highest BCUT2D eigenvalue weighted by molar-refractivity contribution is 14.0. The van der Waals surface area contributed by atoms with Crippen molar-refractivity contribution < 1.29 is 27.8 Å². The molecule has 11 heteroatoms. The summed E-state index contributed by atoms with van der Waals surface area (Å²) in [5.74, 6) is 0.466. The van der Waals surface area contributed by atoms with Crippen LogP contribution in [0.5, 0.6) is 5.88 Å². The lowest BCUT2D eigenvalue weighted by atomic mass is 9.84. The lowest BCUT2D eigenvalue weighted by molar-refractivity contribution is -0.154. The molecule has 28 heavy (non-hydrogen) atoms. The number of ether oxygens (including phenoxy) is 2. The largest absolute Gasteiger partial charge is 0.468 e. The summed E-state index contributed by atoms with van der Waals surface area (Å²) in [6.45, 7) is 0.911. The van der Waals surface area contributed by atoms with E-state index in [1.807, 2.05) is 0 Å². The van der Waals surface area contributed by atoms with E-state index in [4.69, 9.17) is 4.74 Å². The number of pyridine rings is 1. The Kier molecular flexibility index (Phi) is 10.2. The number of hydrogen-bond acceptors (Lipinski definition) is 5. The van der Waals surface area contributed by atoms with E-state index in [0.717, 1.165) is 6.42 Å². The van der Waals surface area contributed by atoms with Gasteiger partial charge in [0.15, 0.2) is 12.6 Å². The zero-order chi connectivity index (χ0) is 19.8. The van der Waals surface area contributed by atoms with E-state index in [9.17, 15) is 18.3 Å². The first-order chi connectivity index (χ1) is 12.9. The molecule has 1 aromatic heterocycles. The molecule has 2 rings (SSSR count). The molecule has 0 radical (unpaired) electrons. The lowest BCUT2D eigenvalue weighted by Crippen LogP contribution is -2.44. The Morgan fingerprint density at radius 3 is 2.82 bits per heavy atom. The number of aliphatic hydroxyl groups excluding tert-OH is 1. The van der Waals surface area contributed by atoms with Gasteiger partial charge in [0.25, 0.3) is 0 Å². The highest BCUT2D eigenvalue weighted by Crippen LogP contribution is 2.31. The van der Waals surface area contributed by atoms with Crippen LogP contribution in [0, 0.1) is 5.41 Å². The molecule has 0 bridgehead atoms. The van der Waals surface area contributed by atoms with E-state index in [1.54, 1.807) is 13.1 Å². The monoisotopic (exact) mass is 518 g/mol. The summed E-state index contributed by atoms with van der Waals surface area (Å²) < 4.78 is 46.8. The van der Waals surface area contributed by atoms with Crippen LogP contribution in [-0.2, 0) is 11.3 Å². The standard InChI is InChI=1S/C17H25F3N4O3.HI/c1-21-15(24-10-16(3-6-25)4-7-26-11-16)23-9-13-2-5-22-14(8-13)27-12-17(18,19)20;/h2,5,8,25H,3-4,6-7,9-12H2,1H3,(H2,21,23,24);1H. The van der Waals surface area contributed by atoms with E-state index in [-0.39, 0.29) is 41.9 Å². The number of nitrogens with one attached hydrogen (secondary N) is 2. The minimum Gasteiger partial charge on any atom is -0.468 e. The number of nitrogens with zero attached hydrogens (tertiary/aromatic N) is 2. The van der Waals surface area contributed by atoms with E-state index >= 15 is 0 Å². The SMILES string of the molecule is CN=C(NCc1ccnc(OCC(F)(F)F)c1)NCC1(CCO)CCOC1.I. The van der Waals surface area contributed by atoms with Gasteiger partial charge in [0.05, 0.1) is 6.61 Å². The Morgan fingerprint density at radius 2 is 2.21 bits per heavy atom. The molecule has 1 aliphatic heterocycles. The molecule has 0 aromatic carbocycles. The fraction of sp³-hybridized carbons (Fsp3) is 0.647. The van der Waals surface area contributed by atoms with Crippen LogP contribution in [0.25, 0.3) is 0 Å². The van der Waals surface area contributed by atoms with Crippen molar-refractivity contribution in [2.24, 2.45) is 10.4 Å². The first-order valence-corrected chi connectivity index (χ1v) is 8.63. The van der Waals surface area contributed by atoms with Crippen molar-refractivity contribution in [2.45, 2.75) is 25.6 Å². The third-order valence-electron chi connectivity index (χ3n) is 4.32. The molecule has 1 unspecified atom stereocenters. The molecule has 1 aromatic rings. The number of guanidine groups is 1. The minimum absolute atomic E-state index is 0. The van der Waals surface area contributed by atoms with Gasteiger partial charge in [-0.1, -0.05) is 0 Å². The zero-order valence-corrected chi connectivity index (χ0v) is 17.9. The van der Waals surface area contributed by atoms with Crippen molar-refractivity contribution in [1.29, 1.82) is 0 Å². The summed E-state index contributed by atoms with van der Waals surface area (Å²) in [6, 6.07) is 3.13. The Balaban J connectivity index is 0.00000392. The zero-order valence-electron chi connectivity index (χ0n) is 15.6. The van der Waals surface area contributed by atoms with Crippen molar-refractivity contribution in [3.05, 3.63) is 23.9 Å². The number of halogens is 4. The van der Waals surface area contributed by atoms with Gasteiger partial charge in [0.1, 0.15) is 0 Å². The molecule has 1 aliphatic rings. The highest BCUT2D eigenvalue weighted by atomic mass is 127. The van der Waals surface area contributed by atoms with Gasteiger partial charge in [0, 0.05) is 51.0 Å². The molecule has 3 N–H and O–H groups in total. The van der Waals surface area contributed by atoms with Crippen LogP contribution in [0.3, 0.4) is 0 Å². The first kappa shape index (κ1) is 24.7. The Bertz CT molecular complexity index is 626. The minimum atomic E-state index is -4.41. The molecule has 7 nitrogen and oxygen atoms in total. The fourth-order valence-electron chi connectivity index (χ4n) is 2.78. The van der Waals surface area contributed by atoms with Crippen molar-refractivity contribution in [2.75, 3.05) is 40.0 Å². The van der Waals surface area contributed by atoms with Crippen LogP contribution >= 0.6 is 24.0 Å². The van der Waals surface area contributed by atoms with E-state index < -0.39 is 12.8 Å². The maximum absolute atomic E-state index is 12.2. The predicted octanol–water partition coefficient (Wildman–Crippen LogP) is 2.09. The normalized spacial score (nSPS) is 19.8. The van der Waals surface area contributed by atoms with E-state index in [2.05, 4.69) is 25.3 Å². The molecule has 160 valence electrons. The first-order valence-electron chi connectivity index (χ1n) is 8.63. The third kappa shape index (κ3) is 8.35. The molecular weight excluding hydrogens is 492 g/mol. The summed E-state index contributed by atoms with van der Waals surface area (Å²) in [5.41, 5.74) is 0.584. The third-order valence-corrected chi connectivity index (χ3v) is 4.32. The average molecular weight is 518 g/mol. The van der Waals surface area contributed by atoms with Crippen molar-refractivity contribution >= 4 is 29.9 Å². The van der Waals surface area contributed by atoms with Crippen LogP contribution in [0.1, 0.15) is 18.4 Å². The molecule has 0 saturated carbocycles. The van der Waals surface area contributed by atoms with Crippen molar-refractivity contribution in [3.8, 4) is 5.88 Å². The second kappa shape index (κ2) is 11.6. The summed E-state index contributed by atoms with van der Waals surface area (Å²) >= 11 is 0. The molecule has 0 amide bonds. The smallest absolute Gasteiger partial charge is 0.422 e. The predicted molar refractivity (Wildman–Crippen MR) is 109 cm³/mol. The second-order valence-electron chi connectivity index (χ2n) is 6.46. The fourth-order valence-corrected chi connectivity index (χ4v) is 2.78. The molecule has 1 saturated heterocycles. The van der Waals surface area contributed by atoms with Gasteiger partial charge in [-0.2, -0.15) is 13.2 Å². The molecule has 0 spiro atoms. The van der Waals surface area contributed by atoms with E-state index in [0.29, 0.717) is 44.2 Å². The molecular formula is C17H26F3IN4O3. The van der Waals surface area contributed by atoms with Crippen LogP contribution in [-0.4, -0.2) is 62.2 Å². The summed E-state index contributed by atoms with van der Waals surface area (Å²) in [6.07, 6.45) is -1.51. The highest BCUT2D eigenvalue weighted by Gasteiger charge is 2.34.